The predicted octanol–water partition coefficient (Wildman–Crippen LogP) is 6.60. The van der Waals surface area contributed by atoms with Crippen molar-refractivity contribution in [1.82, 2.24) is 0 Å². The van der Waals surface area contributed by atoms with Gasteiger partial charge in [-0.3, -0.25) is 5.16 Å². The van der Waals surface area contributed by atoms with Crippen LogP contribution >= 0.6 is 36.3 Å². The number of phosphoric acid groups is 1. The summed E-state index contributed by atoms with van der Waals surface area (Å²) in [6, 6.07) is 0. The highest BCUT2D eigenvalue weighted by Crippen LogP contribution is 2.80. The number of rotatable bonds is 6. The average molecular weight is 541 g/mol. The lowest BCUT2D eigenvalue weighted by Crippen LogP contribution is -2.04. The van der Waals surface area contributed by atoms with E-state index >= 15 is 0 Å². The minimum absolute atomic E-state index is 0.906. The van der Waals surface area contributed by atoms with E-state index < -0.39 is 104 Å². The van der Waals surface area contributed by atoms with E-state index in [0.29, 0.717) is 0 Å². The molecule has 2 aromatic carbocycles. The van der Waals surface area contributed by atoms with E-state index in [0.717, 1.165) is 0 Å². The first-order chi connectivity index (χ1) is 14.0. The number of hydrogen-bond acceptors (Lipinski definition) is 5. The number of halogens is 10. The van der Waals surface area contributed by atoms with E-state index in [1.54, 1.807) is 0 Å². The van der Waals surface area contributed by atoms with Crippen LogP contribution in [0.15, 0.2) is 9.79 Å². The van der Waals surface area contributed by atoms with Gasteiger partial charge >= 0.3 is 7.82 Å². The minimum Gasteiger partial charge on any atom is -0.302 e. The van der Waals surface area contributed by atoms with E-state index in [4.69, 9.17) is 14.9 Å². The molecule has 0 amide bonds. The third kappa shape index (κ3) is 5.24. The van der Waals surface area contributed by atoms with Gasteiger partial charge in [-0.1, -0.05) is 0 Å². The highest BCUT2D eigenvalue weighted by molar-refractivity contribution is 8.89. The van der Waals surface area contributed by atoms with Gasteiger partial charge in [-0.05, 0) is 22.8 Å². The molecule has 0 bridgehead atoms. The number of hydrogen-bond donors (Lipinski definition) is 3. The molecule has 0 saturated carbocycles. The van der Waals surface area contributed by atoms with Crippen LogP contribution < -0.4 is 0 Å². The number of nitrogens with one attached hydrogen (secondary N) is 1. The molecule has 0 spiro atoms. The maximum absolute atomic E-state index is 13.9. The SMILES string of the molecule is N=P(OP(=O)(O)O)(Sc1c(F)c(F)c(F)c(F)c1F)Sc1c(F)c(F)c(F)c(F)c1F. The van der Waals surface area contributed by atoms with E-state index in [9.17, 15) is 48.5 Å². The zero-order valence-electron chi connectivity index (χ0n) is 13.7. The Morgan fingerprint density at radius 2 is 0.806 bits per heavy atom. The van der Waals surface area contributed by atoms with Crippen molar-refractivity contribution >= 4 is 36.3 Å². The maximum atomic E-state index is 13.9. The molecule has 0 aliphatic rings. The largest absolute Gasteiger partial charge is 0.475 e. The van der Waals surface area contributed by atoms with Gasteiger partial charge in [0.25, 0.3) is 0 Å². The quantitative estimate of drug-likeness (QED) is 0.165. The second-order valence-electron chi connectivity index (χ2n) is 5.05. The highest BCUT2D eigenvalue weighted by atomic mass is 33.1. The standard InChI is InChI=1S/C12H3F10NO4P2S2/c13-1-3(15)7(19)11(8(20)4(1)16)30-28(23,27-29(24,25)26)31-12-9(21)5(17)2(14)6(18)10(12)22/h23H,(H2,24,25,26). The molecule has 0 fully saturated rings. The molecule has 0 heterocycles. The summed E-state index contributed by atoms with van der Waals surface area (Å²) in [6.45, 7) is 0. The van der Waals surface area contributed by atoms with Gasteiger partial charge < -0.3 is 9.79 Å². The lowest BCUT2D eigenvalue weighted by Gasteiger charge is -2.22. The second-order valence-corrected chi connectivity index (χ2v) is 13.7. The van der Waals surface area contributed by atoms with Crippen molar-refractivity contribution in [2.75, 3.05) is 0 Å². The van der Waals surface area contributed by atoms with Gasteiger partial charge in [0.2, 0.25) is 17.3 Å². The topological polar surface area (TPSA) is 90.6 Å². The Balaban J connectivity index is 2.70. The molecule has 2 rings (SSSR count). The van der Waals surface area contributed by atoms with Gasteiger partial charge in [-0.2, -0.15) is 0 Å². The van der Waals surface area contributed by atoms with Crippen LogP contribution in [0.4, 0.5) is 43.9 Å². The molecule has 5 nitrogen and oxygen atoms in total. The van der Waals surface area contributed by atoms with Crippen LogP contribution in [0.5, 0.6) is 0 Å². The molecule has 31 heavy (non-hydrogen) atoms. The first-order valence-corrected chi connectivity index (χ1v) is 12.9. The van der Waals surface area contributed by atoms with Crippen LogP contribution in [-0.4, -0.2) is 9.79 Å². The zero-order chi connectivity index (χ0) is 24.0. The van der Waals surface area contributed by atoms with E-state index in [1.165, 1.54) is 0 Å². The summed E-state index contributed by atoms with van der Waals surface area (Å²) in [7, 11) is -5.88. The number of benzene rings is 2. The third-order valence-corrected chi connectivity index (χ3v) is 11.3. The lowest BCUT2D eigenvalue weighted by molar-refractivity contribution is 0.295. The van der Waals surface area contributed by atoms with Crippen molar-refractivity contribution < 1.29 is 62.6 Å². The summed E-state index contributed by atoms with van der Waals surface area (Å²) >= 11 is -1.81. The smallest absolute Gasteiger partial charge is 0.302 e. The zero-order valence-corrected chi connectivity index (χ0v) is 17.1. The molecule has 0 saturated heterocycles. The summed E-state index contributed by atoms with van der Waals surface area (Å²) < 4.78 is 150. The third-order valence-electron chi connectivity index (χ3n) is 2.98. The summed E-state index contributed by atoms with van der Waals surface area (Å²) in [4.78, 5) is 13.8. The van der Waals surface area contributed by atoms with Gasteiger partial charge in [-0.25, -0.2) is 52.8 Å². The Morgan fingerprint density at radius 3 is 1.03 bits per heavy atom. The Morgan fingerprint density at radius 1 is 0.581 bits per heavy atom. The van der Waals surface area contributed by atoms with Crippen LogP contribution in [0, 0.1) is 63.3 Å². The normalized spacial score (nSPS) is 12.5. The first kappa shape index (κ1) is 26.0. The molecule has 0 radical (unpaired) electrons. The van der Waals surface area contributed by atoms with E-state index in [2.05, 4.69) is 4.31 Å². The molecule has 2 aromatic rings. The Kier molecular flexibility index (Phi) is 7.53. The van der Waals surface area contributed by atoms with E-state index in [1.807, 2.05) is 0 Å². The van der Waals surface area contributed by atoms with Crippen molar-refractivity contribution in [3.05, 3.63) is 58.2 Å². The van der Waals surface area contributed by atoms with Gasteiger partial charge in [0.1, 0.15) is 0 Å². The molecule has 0 aliphatic heterocycles. The van der Waals surface area contributed by atoms with Crippen molar-refractivity contribution in [3.63, 3.8) is 0 Å². The van der Waals surface area contributed by atoms with Gasteiger partial charge in [0.05, 0.1) is 9.79 Å². The minimum atomic E-state index is -5.88. The van der Waals surface area contributed by atoms with Crippen LogP contribution in [0.2, 0.25) is 0 Å². The highest BCUT2D eigenvalue weighted by Gasteiger charge is 2.39. The van der Waals surface area contributed by atoms with Crippen molar-refractivity contribution in [3.8, 4) is 0 Å². The molecule has 0 unspecified atom stereocenters. The van der Waals surface area contributed by atoms with Crippen molar-refractivity contribution in [2.24, 2.45) is 0 Å². The average Bonchev–Trinajstić information content (AvgIpc) is 2.67. The Bertz CT molecular complexity index is 1040. The first-order valence-electron chi connectivity index (χ1n) is 6.83. The summed E-state index contributed by atoms with van der Waals surface area (Å²) in [6.07, 6.45) is 0. The van der Waals surface area contributed by atoms with Crippen molar-refractivity contribution in [1.29, 1.82) is 5.16 Å². The fourth-order valence-electron chi connectivity index (χ4n) is 1.76. The molecule has 3 N–H and O–H groups in total. The molecule has 0 aliphatic carbocycles. The Labute approximate surface area is 172 Å². The molecule has 0 atom stereocenters. The summed E-state index contributed by atoms with van der Waals surface area (Å²) in [5, 5.41) is 7.81. The Hall–Kier alpha value is -1.22. The van der Waals surface area contributed by atoms with Crippen LogP contribution in [-0.2, 0) is 8.88 Å². The monoisotopic (exact) mass is 541 g/mol. The molecular weight excluding hydrogens is 538 g/mol. The molecule has 0 aromatic heterocycles. The maximum Gasteiger partial charge on any atom is 0.475 e. The summed E-state index contributed by atoms with van der Waals surface area (Å²) in [5.41, 5.74) is -5.30. The summed E-state index contributed by atoms with van der Waals surface area (Å²) in [5.74, 6) is -25.9. The van der Waals surface area contributed by atoms with E-state index in [-0.39, 0.29) is 0 Å². The van der Waals surface area contributed by atoms with Crippen LogP contribution in [0.1, 0.15) is 0 Å². The van der Waals surface area contributed by atoms with Crippen LogP contribution in [0.3, 0.4) is 0 Å². The van der Waals surface area contributed by atoms with Gasteiger partial charge in [0, 0.05) is 0 Å². The lowest BCUT2D eigenvalue weighted by atomic mass is 10.3. The molecular formula is C12H3F10NO4P2S2. The van der Waals surface area contributed by atoms with Crippen LogP contribution in [0.25, 0.3) is 0 Å². The predicted molar refractivity (Wildman–Crippen MR) is 86.9 cm³/mol. The van der Waals surface area contributed by atoms with Gasteiger partial charge in [0.15, 0.2) is 46.5 Å². The van der Waals surface area contributed by atoms with Gasteiger partial charge in [-0.15, -0.1) is 0 Å². The van der Waals surface area contributed by atoms with Crippen molar-refractivity contribution in [2.45, 2.75) is 9.79 Å². The molecule has 172 valence electrons. The molecule has 19 heteroatoms. The second kappa shape index (κ2) is 8.96. The fraction of sp³-hybridized carbons (Fsp3) is 0. The fourth-order valence-corrected chi connectivity index (χ4v) is 10.7.